The Kier molecular flexibility index (Phi) is 9.52. The van der Waals surface area contributed by atoms with Gasteiger partial charge in [-0.2, -0.15) is 0 Å². The summed E-state index contributed by atoms with van der Waals surface area (Å²) in [7, 11) is -2.54. The Hall–Kier alpha value is -3.85. The van der Waals surface area contributed by atoms with Crippen molar-refractivity contribution in [1.29, 1.82) is 0 Å². The minimum absolute atomic E-state index is 0.0773. The monoisotopic (exact) mass is 537 g/mol. The first kappa shape index (κ1) is 28.7. The van der Waals surface area contributed by atoms with Crippen molar-refractivity contribution in [1.82, 2.24) is 10.2 Å². The van der Waals surface area contributed by atoms with Crippen molar-refractivity contribution >= 4 is 27.5 Å². The second-order valence-corrected chi connectivity index (χ2v) is 11.0. The summed E-state index contributed by atoms with van der Waals surface area (Å²) >= 11 is 0. The third-order valence-electron chi connectivity index (χ3n) is 6.18. The molecule has 0 aliphatic heterocycles. The molecule has 0 aliphatic carbocycles. The zero-order valence-corrected chi connectivity index (χ0v) is 23.3. The number of rotatable bonds is 11. The molecule has 3 aromatic carbocycles. The molecule has 0 fully saturated rings. The van der Waals surface area contributed by atoms with Gasteiger partial charge in [0.15, 0.2) is 0 Å². The molecule has 3 rings (SSSR count). The van der Waals surface area contributed by atoms with E-state index in [1.54, 1.807) is 69.5 Å². The Morgan fingerprint density at radius 3 is 2.26 bits per heavy atom. The number of likely N-dealkylation sites (N-methyl/N-ethyl adjacent to an activating group) is 1. The Bertz CT molecular complexity index is 1370. The maximum absolute atomic E-state index is 13.9. The Balaban J connectivity index is 2.03. The highest BCUT2D eigenvalue weighted by molar-refractivity contribution is 7.92. The third-order valence-corrected chi connectivity index (χ3v) is 7.97. The maximum Gasteiger partial charge on any atom is 0.264 e. The molecule has 0 aliphatic rings. The van der Waals surface area contributed by atoms with E-state index < -0.39 is 28.5 Å². The Morgan fingerprint density at radius 1 is 0.947 bits per heavy atom. The van der Waals surface area contributed by atoms with Crippen LogP contribution in [0.1, 0.15) is 30.5 Å². The molecule has 0 bridgehead atoms. The number of amides is 2. The van der Waals surface area contributed by atoms with E-state index in [0.29, 0.717) is 18.0 Å². The highest BCUT2D eigenvalue weighted by Gasteiger charge is 2.32. The van der Waals surface area contributed by atoms with Gasteiger partial charge in [0.25, 0.3) is 10.0 Å². The van der Waals surface area contributed by atoms with Crippen molar-refractivity contribution in [3.63, 3.8) is 0 Å². The van der Waals surface area contributed by atoms with Crippen LogP contribution >= 0.6 is 0 Å². The molecule has 1 atom stereocenters. The number of carbonyl (C=O) groups is 2. The normalized spacial score (nSPS) is 11.9. The van der Waals surface area contributed by atoms with E-state index in [0.717, 1.165) is 21.0 Å². The number of hydrogen-bond acceptors (Lipinski definition) is 5. The van der Waals surface area contributed by atoms with Crippen molar-refractivity contribution in [2.75, 3.05) is 24.5 Å². The van der Waals surface area contributed by atoms with Gasteiger partial charge in [0.05, 0.1) is 17.7 Å². The van der Waals surface area contributed by atoms with Gasteiger partial charge in [-0.15, -0.1) is 0 Å². The predicted molar refractivity (Wildman–Crippen MR) is 149 cm³/mol. The van der Waals surface area contributed by atoms with Gasteiger partial charge in [0.1, 0.15) is 18.3 Å². The van der Waals surface area contributed by atoms with E-state index in [1.165, 1.54) is 17.0 Å². The first-order valence-electron chi connectivity index (χ1n) is 12.4. The van der Waals surface area contributed by atoms with Gasteiger partial charge < -0.3 is 15.0 Å². The van der Waals surface area contributed by atoms with Crippen molar-refractivity contribution in [3.8, 4) is 5.75 Å². The fraction of sp³-hybridized carbons (Fsp3) is 0.310. The number of benzene rings is 3. The third kappa shape index (κ3) is 6.92. The molecule has 0 heterocycles. The van der Waals surface area contributed by atoms with Crippen LogP contribution in [-0.2, 0) is 26.2 Å². The summed E-state index contributed by atoms with van der Waals surface area (Å²) in [6.45, 7) is 7.18. The molecule has 8 nitrogen and oxygen atoms in total. The number of nitrogens with one attached hydrogen (secondary N) is 1. The van der Waals surface area contributed by atoms with Crippen LogP contribution in [0.4, 0.5) is 5.69 Å². The number of methoxy groups -OCH3 is 1. The predicted octanol–water partition coefficient (Wildman–Crippen LogP) is 4.06. The second kappa shape index (κ2) is 12.6. The number of carbonyl (C=O) groups excluding carboxylic acids is 2. The van der Waals surface area contributed by atoms with Gasteiger partial charge in [-0.3, -0.25) is 13.9 Å². The van der Waals surface area contributed by atoms with Crippen LogP contribution in [0.2, 0.25) is 0 Å². The number of aryl methyl sites for hydroxylation is 2. The molecule has 0 radical (unpaired) electrons. The smallest absolute Gasteiger partial charge is 0.264 e. The lowest BCUT2D eigenvalue weighted by Crippen LogP contribution is -2.51. The fourth-order valence-electron chi connectivity index (χ4n) is 4.02. The second-order valence-electron chi connectivity index (χ2n) is 9.11. The highest BCUT2D eigenvalue weighted by Crippen LogP contribution is 2.26. The number of anilines is 1. The molecule has 0 spiro atoms. The lowest BCUT2D eigenvalue weighted by Gasteiger charge is -2.32. The Morgan fingerprint density at radius 2 is 1.63 bits per heavy atom. The van der Waals surface area contributed by atoms with Gasteiger partial charge in [-0.25, -0.2) is 8.42 Å². The van der Waals surface area contributed by atoms with E-state index in [2.05, 4.69) is 5.32 Å². The van der Waals surface area contributed by atoms with Crippen LogP contribution in [0.25, 0.3) is 0 Å². The van der Waals surface area contributed by atoms with Gasteiger partial charge in [-0.1, -0.05) is 42.0 Å². The first-order chi connectivity index (χ1) is 18.1. The highest BCUT2D eigenvalue weighted by atomic mass is 32.2. The van der Waals surface area contributed by atoms with Gasteiger partial charge >= 0.3 is 0 Å². The molecule has 202 valence electrons. The van der Waals surface area contributed by atoms with Crippen LogP contribution in [0, 0.1) is 13.8 Å². The summed E-state index contributed by atoms with van der Waals surface area (Å²) in [6, 6.07) is 19.8. The first-order valence-corrected chi connectivity index (χ1v) is 13.9. The number of nitrogens with zero attached hydrogens (tertiary/aromatic N) is 2. The van der Waals surface area contributed by atoms with Crippen molar-refractivity contribution in [3.05, 3.63) is 89.5 Å². The standard InChI is InChI=1S/C29H35N3O5S/c1-6-30-29(34)23(4)31(19-24-10-8-12-26(18-24)37-5)28(33)20-32(25-11-7-9-22(3)17-25)38(35,36)27-15-13-21(2)14-16-27/h7-18,23H,6,19-20H2,1-5H3,(H,30,34)/t23-/m1/s1. The minimum Gasteiger partial charge on any atom is -0.497 e. The summed E-state index contributed by atoms with van der Waals surface area (Å²) in [5.41, 5.74) is 2.88. The molecule has 9 heteroatoms. The lowest BCUT2D eigenvalue weighted by atomic mass is 10.1. The van der Waals surface area contributed by atoms with Gasteiger partial charge in [0, 0.05) is 13.1 Å². The maximum atomic E-state index is 13.9. The topological polar surface area (TPSA) is 96.0 Å². The zero-order chi connectivity index (χ0) is 27.9. The number of ether oxygens (including phenoxy) is 1. The summed E-state index contributed by atoms with van der Waals surface area (Å²) in [6.07, 6.45) is 0. The van der Waals surface area contributed by atoms with Crippen LogP contribution in [0.5, 0.6) is 5.75 Å². The minimum atomic E-state index is -4.09. The van der Waals surface area contributed by atoms with Gasteiger partial charge in [-0.05, 0) is 75.2 Å². The average molecular weight is 538 g/mol. The molecule has 38 heavy (non-hydrogen) atoms. The molecular weight excluding hydrogens is 502 g/mol. The zero-order valence-electron chi connectivity index (χ0n) is 22.5. The molecule has 0 aromatic heterocycles. The van der Waals surface area contributed by atoms with E-state index in [9.17, 15) is 18.0 Å². The van der Waals surface area contributed by atoms with E-state index in [1.807, 2.05) is 26.0 Å². The largest absolute Gasteiger partial charge is 0.497 e. The van der Waals surface area contributed by atoms with Gasteiger partial charge in [0.2, 0.25) is 11.8 Å². The van der Waals surface area contributed by atoms with E-state index >= 15 is 0 Å². The number of hydrogen-bond donors (Lipinski definition) is 1. The summed E-state index contributed by atoms with van der Waals surface area (Å²) in [5, 5.41) is 2.75. The van der Waals surface area contributed by atoms with Crippen LogP contribution in [0.15, 0.2) is 77.7 Å². The van der Waals surface area contributed by atoms with Crippen LogP contribution in [-0.4, -0.2) is 51.4 Å². The quantitative estimate of drug-likeness (QED) is 0.398. The average Bonchev–Trinajstić information content (AvgIpc) is 2.90. The van der Waals surface area contributed by atoms with Crippen molar-refractivity contribution in [2.24, 2.45) is 0 Å². The number of sulfonamides is 1. The molecule has 0 unspecified atom stereocenters. The molecule has 0 saturated heterocycles. The molecular formula is C29H35N3O5S. The van der Waals surface area contributed by atoms with Crippen LogP contribution < -0.4 is 14.4 Å². The SMILES string of the molecule is CCNC(=O)[C@@H](C)N(Cc1cccc(OC)c1)C(=O)CN(c1cccc(C)c1)S(=O)(=O)c1ccc(C)cc1. The molecule has 0 saturated carbocycles. The molecule has 3 aromatic rings. The fourth-order valence-corrected chi connectivity index (χ4v) is 5.43. The van der Waals surface area contributed by atoms with Crippen LogP contribution in [0.3, 0.4) is 0 Å². The van der Waals surface area contributed by atoms with E-state index in [4.69, 9.17) is 4.74 Å². The van der Waals surface area contributed by atoms with E-state index in [-0.39, 0.29) is 17.3 Å². The molecule has 1 N–H and O–H groups in total. The summed E-state index contributed by atoms with van der Waals surface area (Å²) in [4.78, 5) is 28.1. The van der Waals surface area contributed by atoms with Crippen molar-refractivity contribution < 1.29 is 22.7 Å². The summed E-state index contributed by atoms with van der Waals surface area (Å²) in [5.74, 6) is -0.222. The molecule has 2 amide bonds. The van der Waals surface area contributed by atoms with Crippen molar-refractivity contribution in [2.45, 2.75) is 45.2 Å². The lowest BCUT2D eigenvalue weighted by molar-refractivity contribution is -0.139. The Labute approximate surface area is 225 Å². The summed E-state index contributed by atoms with van der Waals surface area (Å²) < 4.78 is 34.1.